The first-order valence-corrected chi connectivity index (χ1v) is 10.1. The van der Waals surface area contributed by atoms with Gasteiger partial charge in [0.2, 0.25) is 5.91 Å². The molecule has 158 valence electrons. The monoisotopic (exact) mass is 501 g/mol. The van der Waals surface area contributed by atoms with Crippen LogP contribution in [-0.4, -0.2) is 61.6 Å². The lowest BCUT2D eigenvalue weighted by Crippen LogP contribution is -2.45. The summed E-state index contributed by atoms with van der Waals surface area (Å²) in [5.41, 5.74) is 2.27. The molecule has 2 rings (SSSR count). The van der Waals surface area contributed by atoms with Crippen molar-refractivity contribution in [3.8, 4) is 0 Å². The van der Waals surface area contributed by atoms with Crippen LogP contribution in [0.2, 0.25) is 0 Å². The molecule has 0 spiro atoms. The second kappa shape index (κ2) is 12.3. The van der Waals surface area contributed by atoms with Gasteiger partial charge in [0.25, 0.3) is 0 Å². The number of nitrogens with one attached hydrogen (secondary N) is 2. The number of hydrogen-bond acceptors (Lipinski definition) is 3. The number of carbonyl (C=O) groups is 1. The highest BCUT2D eigenvalue weighted by Crippen LogP contribution is 2.27. The fourth-order valence-corrected chi connectivity index (χ4v) is 3.59. The molecule has 0 atom stereocenters. The number of fused-ring (bicyclic) bond motifs is 1. The number of hydrogen-bond donors (Lipinski definition) is 2. The van der Waals surface area contributed by atoms with Gasteiger partial charge in [0.05, 0.1) is 0 Å². The van der Waals surface area contributed by atoms with Crippen LogP contribution in [0.25, 0.3) is 0 Å². The van der Waals surface area contributed by atoms with Crippen LogP contribution in [0.15, 0.2) is 29.3 Å². The summed E-state index contributed by atoms with van der Waals surface area (Å²) in [6.07, 6.45) is 0.921. The number of amides is 1. The maximum Gasteiger partial charge on any atom is 0.248 e. The van der Waals surface area contributed by atoms with Gasteiger partial charge in [0, 0.05) is 44.0 Å². The maximum absolute atomic E-state index is 12.6. The highest BCUT2D eigenvalue weighted by Gasteiger charge is 2.23. The fourth-order valence-electron chi connectivity index (χ4n) is 3.59. The number of carbonyl (C=O) groups excluding carboxylic acids is 1. The molecule has 0 aromatic heterocycles. The second-order valence-corrected chi connectivity index (χ2v) is 7.47. The molecule has 0 unspecified atom stereocenters. The van der Waals surface area contributed by atoms with Crippen molar-refractivity contribution in [3.05, 3.63) is 29.8 Å². The van der Waals surface area contributed by atoms with E-state index in [0.29, 0.717) is 18.0 Å². The first-order valence-electron chi connectivity index (χ1n) is 10.1. The van der Waals surface area contributed by atoms with Crippen molar-refractivity contribution in [1.82, 2.24) is 15.5 Å². The van der Waals surface area contributed by atoms with Crippen LogP contribution in [0.1, 0.15) is 40.2 Å². The first-order chi connectivity index (χ1) is 12.9. The Morgan fingerprint density at radius 3 is 2.50 bits per heavy atom. The SMILES string of the molecule is CCNC(=NCC(=O)N1CCc2ccccc21)NCCN(C(C)C)C(C)C.I. The van der Waals surface area contributed by atoms with Crippen LogP contribution in [0.5, 0.6) is 0 Å². The van der Waals surface area contributed by atoms with Gasteiger partial charge in [0.1, 0.15) is 6.54 Å². The van der Waals surface area contributed by atoms with E-state index in [-0.39, 0.29) is 36.4 Å². The average Bonchev–Trinajstić information content (AvgIpc) is 3.06. The van der Waals surface area contributed by atoms with Crippen LogP contribution < -0.4 is 15.5 Å². The van der Waals surface area contributed by atoms with Crippen molar-refractivity contribution >= 4 is 41.5 Å². The van der Waals surface area contributed by atoms with Gasteiger partial charge in [-0.05, 0) is 52.7 Å². The van der Waals surface area contributed by atoms with E-state index in [4.69, 9.17) is 0 Å². The predicted molar refractivity (Wildman–Crippen MR) is 129 cm³/mol. The molecular formula is C21H36IN5O. The number of anilines is 1. The van der Waals surface area contributed by atoms with Crippen LogP contribution in [0.3, 0.4) is 0 Å². The van der Waals surface area contributed by atoms with E-state index in [1.54, 1.807) is 0 Å². The smallest absolute Gasteiger partial charge is 0.248 e. The molecule has 1 heterocycles. The van der Waals surface area contributed by atoms with Crippen molar-refractivity contribution in [2.75, 3.05) is 37.6 Å². The third-order valence-electron chi connectivity index (χ3n) is 4.89. The van der Waals surface area contributed by atoms with Crippen LogP contribution >= 0.6 is 24.0 Å². The maximum atomic E-state index is 12.6. The van der Waals surface area contributed by atoms with Gasteiger partial charge in [-0.3, -0.25) is 9.69 Å². The van der Waals surface area contributed by atoms with Gasteiger partial charge < -0.3 is 15.5 Å². The fraction of sp³-hybridized carbons (Fsp3) is 0.619. The molecule has 1 amide bonds. The largest absolute Gasteiger partial charge is 0.357 e. The lowest BCUT2D eigenvalue weighted by atomic mass is 10.2. The standard InChI is InChI=1S/C21H35N5O.HI/c1-6-22-21(23-12-14-25(16(2)3)17(4)5)24-15-20(27)26-13-11-18-9-7-8-10-19(18)26;/h7-10,16-17H,6,11-15H2,1-5H3,(H2,22,23,24);1H. The predicted octanol–water partition coefficient (Wildman–Crippen LogP) is 2.87. The number of halogens is 1. The van der Waals surface area contributed by atoms with Crippen molar-refractivity contribution in [1.29, 1.82) is 0 Å². The lowest BCUT2D eigenvalue weighted by molar-refractivity contribution is -0.117. The number of para-hydroxylation sites is 1. The Bertz CT molecular complexity index is 639. The summed E-state index contributed by atoms with van der Waals surface area (Å²) >= 11 is 0. The van der Waals surface area contributed by atoms with Crippen LogP contribution in [0.4, 0.5) is 5.69 Å². The van der Waals surface area contributed by atoms with Crippen molar-refractivity contribution in [3.63, 3.8) is 0 Å². The molecule has 1 aliphatic rings. The molecule has 7 heteroatoms. The molecular weight excluding hydrogens is 465 g/mol. The van der Waals surface area contributed by atoms with E-state index in [0.717, 1.165) is 38.3 Å². The van der Waals surface area contributed by atoms with Gasteiger partial charge in [0.15, 0.2) is 5.96 Å². The first kappa shape index (κ1) is 24.7. The minimum atomic E-state index is 0. The summed E-state index contributed by atoms with van der Waals surface area (Å²) in [5, 5.41) is 6.58. The normalized spacial score (nSPS) is 13.7. The molecule has 0 aliphatic carbocycles. The molecule has 6 nitrogen and oxygen atoms in total. The van der Waals surface area contributed by atoms with Gasteiger partial charge in [-0.25, -0.2) is 4.99 Å². The van der Waals surface area contributed by atoms with E-state index in [1.807, 2.05) is 30.0 Å². The van der Waals surface area contributed by atoms with Crippen LogP contribution in [0, 0.1) is 0 Å². The highest BCUT2D eigenvalue weighted by atomic mass is 127. The van der Waals surface area contributed by atoms with Gasteiger partial charge >= 0.3 is 0 Å². The topological polar surface area (TPSA) is 60.0 Å². The minimum absolute atomic E-state index is 0. The van der Waals surface area contributed by atoms with Gasteiger partial charge in [-0.15, -0.1) is 24.0 Å². The summed E-state index contributed by atoms with van der Waals surface area (Å²) in [4.78, 5) is 21.4. The number of nitrogens with zero attached hydrogens (tertiary/aromatic N) is 3. The van der Waals surface area contributed by atoms with E-state index in [2.05, 4.69) is 54.3 Å². The van der Waals surface area contributed by atoms with Gasteiger partial charge in [-0.2, -0.15) is 0 Å². The third-order valence-corrected chi connectivity index (χ3v) is 4.89. The lowest BCUT2D eigenvalue weighted by Gasteiger charge is -2.30. The summed E-state index contributed by atoms with van der Waals surface area (Å²) in [7, 11) is 0. The molecule has 0 saturated carbocycles. The minimum Gasteiger partial charge on any atom is -0.357 e. The second-order valence-electron chi connectivity index (χ2n) is 7.47. The van der Waals surface area contributed by atoms with Gasteiger partial charge in [-0.1, -0.05) is 18.2 Å². The summed E-state index contributed by atoms with van der Waals surface area (Å²) < 4.78 is 0. The summed E-state index contributed by atoms with van der Waals surface area (Å²) in [5.74, 6) is 0.744. The Morgan fingerprint density at radius 2 is 1.86 bits per heavy atom. The molecule has 0 saturated heterocycles. The van der Waals surface area contributed by atoms with E-state index < -0.39 is 0 Å². The molecule has 0 fully saturated rings. The van der Waals surface area contributed by atoms with E-state index in [9.17, 15) is 4.79 Å². The van der Waals surface area contributed by atoms with Crippen LogP contribution in [-0.2, 0) is 11.2 Å². The molecule has 2 N–H and O–H groups in total. The molecule has 0 bridgehead atoms. The van der Waals surface area contributed by atoms with E-state index >= 15 is 0 Å². The Kier molecular flexibility index (Phi) is 10.8. The van der Waals surface area contributed by atoms with Crippen molar-refractivity contribution in [2.45, 2.75) is 53.1 Å². The third kappa shape index (κ3) is 6.92. The Hall–Kier alpha value is -1.35. The number of rotatable bonds is 8. The van der Waals surface area contributed by atoms with E-state index in [1.165, 1.54) is 5.56 Å². The molecule has 1 aromatic rings. The zero-order valence-corrected chi connectivity index (χ0v) is 20.2. The summed E-state index contributed by atoms with van der Waals surface area (Å²) in [6.45, 7) is 14.3. The number of benzene rings is 1. The zero-order chi connectivity index (χ0) is 19.8. The number of aliphatic imine (C=N–C) groups is 1. The Morgan fingerprint density at radius 1 is 1.18 bits per heavy atom. The molecule has 28 heavy (non-hydrogen) atoms. The van der Waals surface area contributed by atoms with Crippen molar-refractivity contribution < 1.29 is 4.79 Å². The summed E-state index contributed by atoms with van der Waals surface area (Å²) in [6, 6.07) is 9.11. The average molecular weight is 501 g/mol. The zero-order valence-electron chi connectivity index (χ0n) is 17.9. The Balaban J connectivity index is 0.00000392. The molecule has 0 radical (unpaired) electrons. The molecule has 1 aliphatic heterocycles. The Labute approximate surface area is 187 Å². The number of guanidine groups is 1. The molecule has 1 aromatic carbocycles. The highest BCUT2D eigenvalue weighted by molar-refractivity contribution is 14.0. The van der Waals surface area contributed by atoms with Crippen molar-refractivity contribution in [2.24, 2.45) is 4.99 Å². The quantitative estimate of drug-likeness (QED) is 0.327.